The maximum atomic E-state index is 14.1. The molecule has 0 bridgehead atoms. The van der Waals surface area contributed by atoms with Gasteiger partial charge in [0.15, 0.2) is 11.5 Å². The SMILES string of the molecule is C[C@H](NC(=O)c1c(CNCC(N)=O)c(-c2ccccc2)nc2cc3c(cc12)OCCO3)C1CCCCC1. The van der Waals surface area contributed by atoms with Crippen LogP contribution >= 0.6 is 0 Å². The van der Waals surface area contributed by atoms with E-state index in [0.717, 1.165) is 18.4 Å². The van der Waals surface area contributed by atoms with Gasteiger partial charge in [-0.2, -0.15) is 0 Å². The Kier molecular flexibility index (Phi) is 7.55. The highest BCUT2D eigenvalue weighted by atomic mass is 16.6. The minimum Gasteiger partial charge on any atom is -0.486 e. The number of benzene rings is 2. The second-order valence-corrected chi connectivity index (χ2v) is 9.92. The van der Waals surface area contributed by atoms with E-state index >= 15 is 0 Å². The molecule has 2 aromatic carbocycles. The number of primary amides is 1. The Balaban J connectivity index is 1.65. The molecule has 37 heavy (non-hydrogen) atoms. The van der Waals surface area contributed by atoms with Crippen molar-refractivity contribution in [2.45, 2.75) is 51.6 Å². The van der Waals surface area contributed by atoms with Gasteiger partial charge in [0.25, 0.3) is 5.91 Å². The van der Waals surface area contributed by atoms with Gasteiger partial charge in [0.05, 0.1) is 23.3 Å². The number of pyridine rings is 1. The number of amides is 2. The van der Waals surface area contributed by atoms with Gasteiger partial charge in [-0.05, 0) is 31.7 Å². The quantitative estimate of drug-likeness (QED) is 0.430. The molecule has 0 unspecified atom stereocenters. The second kappa shape index (κ2) is 11.2. The van der Waals surface area contributed by atoms with E-state index in [0.29, 0.717) is 58.4 Å². The molecule has 2 heterocycles. The van der Waals surface area contributed by atoms with Crippen LogP contribution in [0.4, 0.5) is 0 Å². The van der Waals surface area contributed by atoms with Gasteiger partial charge in [-0.15, -0.1) is 0 Å². The minimum absolute atomic E-state index is 0.00700. The number of carbonyl (C=O) groups is 2. The summed E-state index contributed by atoms with van der Waals surface area (Å²) in [5.74, 6) is 1.05. The van der Waals surface area contributed by atoms with E-state index in [9.17, 15) is 9.59 Å². The van der Waals surface area contributed by atoms with Crippen LogP contribution < -0.4 is 25.8 Å². The lowest BCUT2D eigenvalue weighted by Crippen LogP contribution is -2.39. The van der Waals surface area contributed by atoms with E-state index in [2.05, 4.69) is 17.6 Å². The topological polar surface area (TPSA) is 116 Å². The number of nitrogens with zero attached hydrogens (tertiary/aromatic N) is 1. The number of nitrogens with one attached hydrogen (secondary N) is 2. The fourth-order valence-electron chi connectivity index (χ4n) is 5.45. The molecule has 2 aliphatic rings. The van der Waals surface area contributed by atoms with Crippen molar-refractivity contribution < 1.29 is 19.1 Å². The zero-order chi connectivity index (χ0) is 25.8. The summed E-state index contributed by atoms with van der Waals surface area (Å²) in [6, 6.07) is 13.5. The molecular formula is C29H34N4O4. The zero-order valence-electron chi connectivity index (χ0n) is 21.2. The van der Waals surface area contributed by atoms with Crippen molar-refractivity contribution in [2.75, 3.05) is 19.8 Å². The molecule has 1 aliphatic heterocycles. The summed E-state index contributed by atoms with van der Waals surface area (Å²) in [6.45, 7) is 3.25. The fraction of sp³-hybridized carbons (Fsp3) is 0.414. The molecule has 1 saturated carbocycles. The van der Waals surface area contributed by atoms with Crippen molar-refractivity contribution >= 4 is 22.7 Å². The van der Waals surface area contributed by atoms with E-state index < -0.39 is 5.91 Å². The van der Waals surface area contributed by atoms with Crippen LogP contribution in [0, 0.1) is 5.92 Å². The summed E-state index contributed by atoms with van der Waals surface area (Å²) in [5.41, 5.74) is 8.84. The van der Waals surface area contributed by atoms with E-state index in [1.807, 2.05) is 42.5 Å². The average Bonchev–Trinajstić information content (AvgIpc) is 2.92. The molecule has 1 atom stereocenters. The van der Waals surface area contributed by atoms with Gasteiger partial charge in [-0.1, -0.05) is 49.6 Å². The second-order valence-electron chi connectivity index (χ2n) is 9.92. The zero-order valence-corrected chi connectivity index (χ0v) is 21.2. The van der Waals surface area contributed by atoms with E-state index in [1.54, 1.807) is 0 Å². The molecule has 0 saturated heterocycles. The van der Waals surface area contributed by atoms with Crippen LogP contribution in [0.3, 0.4) is 0 Å². The highest BCUT2D eigenvalue weighted by molar-refractivity contribution is 6.09. The monoisotopic (exact) mass is 502 g/mol. The highest BCUT2D eigenvalue weighted by Crippen LogP contribution is 2.38. The smallest absolute Gasteiger partial charge is 0.252 e. The molecule has 1 aliphatic carbocycles. The molecule has 0 spiro atoms. The Hall–Kier alpha value is -3.65. The predicted molar refractivity (Wildman–Crippen MR) is 143 cm³/mol. The van der Waals surface area contributed by atoms with Crippen molar-refractivity contribution in [1.29, 1.82) is 0 Å². The van der Waals surface area contributed by atoms with E-state index in [1.165, 1.54) is 19.3 Å². The third kappa shape index (κ3) is 5.54. The molecule has 8 nitrogen and oxygen atoms in total. The first kappa shape index (κ1) is 25.0. The number of fused-ring (bicyclic) bond motifs is 2. The Morgan fingerprint density at radius 2 is 1.76 bits per heavy atom. The maximum absolute atomic E-state index is 14.1. The summed E-state index contributed by atoms with van der Waals surface area (Å²) >= 11 is 0. The van der Waals surface area contributed by atoms with Gasteiger partial charge in [0, 0.05) is 35.2 Å². The molecule has 8 heteroatoms. The molecule has 4 N–H and O–H groups in total. The van der Waals surface area contributed by atoms with Crippen molar-refractivity contribution in [3.05, 3.63) is 53.6 Å². The largest absolute Gasteiger partial charge is 0.486 e. The standard InChI is InChI=1S/C29H34N4O4/c1-18(19-8-4-2-5-9-19)32-29(35)27-21-14-24-25(37-13-12-36-24)15-23(21)33-28(20-10-6-3-7-11-20)22(27)16-31-17-26(30)34/h3,6-7,10-11,14-15,18-19,31H,2,4-5,8-9,12-13,16-17H2,1H3,(H2,30,34)(H,32,35)/t18-/m0/s1. The first-order chi connectivity index (χ1) is 18.0. The van der Waals surface area contributed by atoms with E-state index in [4.69, 9.17) is 20.2 Å². The van der Waals surface area contributed by atoms with Crippen molar-refractivity contribution in [3.63, 3.8) is 0 Å². The summed E-state index contributed by atoms with van der Waals surface area (Å²) < 4.78 is 11.7. The molecule has 1 aromatic heterocycles. The number of hydrogen-bond donors (Lipinski definition) is 3. The van der Waals surface area contributed by atoms with Gasteiger partial charge < -0.3 is 25.8 Å². The van der Waals surface area contributed by atoms with Crippen LogP contribution in [0.1, 0.15) is 54.9 Å². The third-order valence-electron chi connectivity index (χ3n) is 7.34. The number of hydrogen-bond acceptors (Lipinski definition) is 6. The number of ether oxygens (including phenoxy) is 2. The van der Waals surface area contributed by atoms with Gasteiger partial charge in [-0.25, -0.2) is 4.98 Å². The Morgan fingerprint density at radius 3 is 2.46 bits per heavy atom. The molecule has 0 radical (unpaired) electrons. The van der Waals surface area contributed by atoms with Gasteiger partial charge in [0.1, 0.15) is 13.2 Å². The number of carbonyl (C=O) groups excluding carboxylic acids is 2. The molecule has 3 aromatic rings. The number of rotatable bonds is 8. The van der Waals surface area contributed by atoms with E-state index in [-0.39, 0.29) is 25.0 Å². The molecular weight excluding hydrogens is 468 g/mol. The third-order valence-corrected chi connectivity index (χ3v) is 7.34. The van der Waals surface area contributed by atoms with Crippen LogP contribution in [0.25, 0.3) is 22.2 Å². The van der Waals surface area contributed by atoms with Gasteiger partial charge in [-0.3, -0.25) is 9.59 Å². The van der Waals surface area contributed by atoms with Crippen LogP contribution in [-0.4, -0.2) is 42.6 Å². The van der Waals surface area contributed by atoms with Crippen LogP contribution in [0.15, 0.2) is 42.5 Å². The first-order valence-corrected chi connectivity index (χ1v) is 13.1. The highest BCUT2D eigenvalue weighted by Gasteiger charge is 2.27. The summed E-state index contributed by atoms with van der Waals surface area (Å²) in [4.78, 5) is 30.5. The number of aromatic nitrogens is 1. The lowest BCUT2D eigenvalue weighted by molar-refractivity contribution is -0.117. The van der Waals surface area contributed by atoms with Crippen LogP contribution in [0.5, 0.6) is 11.5 Å². The Bertz CT molecular complexity index is 1290. The lowest BCUT2D eigenvalue weighted by Gasteiger charge is -2.29. The normalized spacial score (nSPS) is 16.4. The first-order valence-electron chi connectivity index (χ1n) is 13.1. The number of nitrogens with two attached hydrogens (primary N) is 1. The lowest BCUT2D eigenvalue weighted by atomic mass is 9.84. The maximum Gasteiger partial charge on any atom is 0.252 e. The molecule has 2 amide bonds. The van der Waals surface area contributed by atoms with Crippen molar-refractivity contribution in [2.24, 2.45) is 11.7 Å². The molecule has 194 valence electrons. The summed E-state index contributed by atoms with van der Waals surface area (Å²) in [7, 11) is 0. The Morgan fingerprint density at radius 1 is 1.05 bits per heavy atom. The fourth-order valence-corrected chi connectivity index (χ4v) is 5.45. The van der Waals surface area contributed by atoms with Crippen molar-refractivity contribution in [3.8, 4) is 22.8 Å². The summed E-state index contributed by atoms with van der Waals surface area (Å²) in [6.07, 6.45) is 5.91. The predicted octanol–water partition coefficient (Wildman–Crippen LogP) is 3.95. The molecule has 1 fully saturated rings. The van der Waals surface area contributed by atoms with Gasteiger partial charge in [0.2, 0.25) is 5.91 Å². The summed E-state index contributed by atoms with van der Waals surface area (Å²) in [5, 5.41) is 7.09. The average molecular weight is 503 g/mol. The van der Waals surface area contributed by atoms with Crippen LogP contribution in [0.2, 0.25) is 0 Å². The van der Waals surface area contributed by atoms with Crippen molar-refractivity contribution in [1.82, 2.24) is 15.6 Å². The van der Waals surface area contributed by atoms with Gasteiger partial charge >= 0.3 is 0 Å². The molecule has 5 rings (SSSR count). The minimum atomic E-state index is -0.466. The Labute approximate surface area is 216 Å². The van der Waals surface area contributed by atoms with Crippen LogP contribution in [-0.2, 0) is 11.3 Å².